The lowest BCUT2D eigenvalue weighted by atomic mass is 10.1. The molecule has 1 heterocycles. The van der Waals surface area contributed by atoms with Crippen LogP contribution in [0.4, 0.5) is 11.4 Å². The third-order valence-electron chi connectivity index (χ3n) is 4.12. The highest BCUT2D eigenvalue weighted by atomic mass is 16.2. The van der Waals surface area contributed by atoms with E-state index in [9.17, 15) is 14.4 Å². The highest BCUT2D eigenvalue weighted by Gasteiger charge is 2.12. The van der Waals surface area contributed by atoms with E-state index in [1.807, 2.05) is 31.2 Å². The molecule has 2 N–H and O–H groups in total. The second kappa shape index (κ2) is 8.26. The SMILES string of the molecule is CC(=O)c1ccc(NC(=O)c2cncc(C(=O)Nc3ccc(C)cc3)c2)cc1. The lowest BCUT2D eigenvalue weighted by molar-refractivity contribution is 0.101. The molecule has 0 aliphatic carbocycles. The number of aryl methyl sites for hydroxylation is 1. The summed E-state index contributed by atoms with van der Waals surface area (Å²) in [5.41, 5.74) is 3.40. The maximum Gasteiger partial charge on any atom is 0.257 e. The van der Waals surface area contributed by atoms with Crippen molar-refractivity contribution < 1.29 is 14.4 Å². The number of anilines is 2. The number of ketones is 1. The summed E-state index contributed by atoms with van der Waals surface area (Å²) >= 11 is 0. The highest BCUT2D eigenvalue weighted by Crippen LogP contribution is 2.14. The van der Waals surface area contributed by atoms with Gasteiger partial charge in [-0.05, 0) is 56.3 Å². The highest BCUT2D eigenvalue weighted by molar-refractivity contribution is 6.08. The van der Waals surface area contributed by atoms with Crippen LogP contribution in [-0.4, -0.2) is 22.6 Å². The maximum atomic E-state index is 12.5. The minimum absolute atomic E-state index is 0.0469. The van der Waals surface area contributed by atoms with Gasteiger partial charge < -0.3 is 10.6 Å². The molecule has 6 heteroatoms. The number of rotatable bonds is 5. The van der Waals surface area contributed by atoms with Crippen molar-refractivity contribution in [2.24, 2.45) is 0 Å². The number of carbonyl (C=O) groups excluding carboxylic acids is 3. The van der Waals surface area contributed by atoms with Crippen molar-refractivity contribution in [3.05, 3.63) is 89.2 Å². The second-order valence-electron chi connectivity index (χ2n) is 6.37. The van der Waals surface area contributed by atoms with Crippen molar-refractivity contribution in [2.45, 2.75) is 13.8 Å². The summed E-state index contributed by atoms with van der Waals surface area (Å²) in [6, 6.07) is 15.5. The fourth-order valence-corrected chi connectivity index (χ4v) is 2.52. The van der Waals surface area contributed by atoms with Gasteiger partial charge >= 0.3 is 0 Å². The molecule has 0 radical (unpaired) electrons. The molecule has 2 amide bonds. The van der Waals surface area contributed by atoms with E-state index in [4.69, 9.17) is 0 Å². The van der Waals surface area contributed by atoms with Gasteiger partial charge in [0.15, 0.2) is 5.78 Å². The van der Waals surface area contributed by atoms with Crippen molar-refractivity contribution in [1.82, 2.24) is 4.98 Å². The van der Waals surface area contributed by atoms with Crippen LogP contribution in [0, 0.1) is 6.92 Å². The summed E-state index contributed by atoms with van der Waals surface area (Å²) in [5, 5.41) is 5.50. The first-order valence-corrected chi connectivity index (χ1v) is 8.68. The molecule has 0 saturated heterocycles. The zero-order chi connectivity index (χ0) is 20.1. The first-order chi connectivity index (χ1) is 13.4. The number of benzene rings is 2. The van der Waals surface area contributed by atoms with Crippen LogP contribution in [0.25, 0.3) is 0 Å². The summed E-state index contributed by atoms with van der Waals surface area (Å²) in [6.45, 7) is 3.44. The molecule has 3 aromatic rings. The number of carbonyl (C=O) groups is 3. The Bertz CT molecular complexity index is 1030. The molecular formula is C22H19N3O3. The molecule has 28 heavy (non-hydrogen) atoms. The van der Waals surface area contributed by atoms with Crippen molar-refractivity contribution >= 4 is 29.0 Å². The molecule has 1 aromatic heterocycles. The third kappa shape index (κ3) is 4.67. The number of nitrogens with zero attached hydrogens (tertiary/aromatic N) is 1. The van der Waals surface area contributed by atoms with Crippen LogP contribution in [0.3, 0.4) is 0 Å². The van der Waals surface area contributed by atoms with Crippen LogP contribution >= 0.6 is 0 Å². The van der Waals surface area contributed by atoms with E-state index >= 15 is 0 Å². The van der Waals surface area contributed by atoms with Gasteiger partial charge in [0.2, 0.25) is 0 Å². The monoisotopic (exact) mass is 373 g/mol. The zero-order valence-corrected chi connectivity index (χ0v) is 15.5. The second-order valence-corrected chi connectivity index (χ2v) is 6.37. The molecule has 3 rings (SSSR count). The zero-order valence-electron chi connectivity index (χ0n) is 15.5. The summed E-state index contributed by atoms with van der Waals surface area (Å²) in [6.07, 6.45) is 2.80. The van der Waals surface area contributed by atoms with Gasteiger partial charge in [0, 0.05) is 29.3 Å². The van der Waals surface area contributed by atoms with E-state index < -0.39 is 5.91 Å². The first kappa shape index (κ1) is 19.0. The van der Waals surface area contributed by atoms with Gasteiger partial charge in [0.05, 0.1) is 11.1 Å². The van der Waals surface area contributed by atoms with Crippen LogP contribution in [0.2, 0.25) is 0 Å². The Morgan fingerprint density at radius 1 is 0.714 bits per heavy atom. The van der Waals surface area contributed by atoms with Crippen LogP contribution in [-0.2, 0) is 0 Å². The largest absolute Gasteiger partial charge is 0.322 e. The van der Waals surface area contributed by atoms with E-state index in [1.165, 1.54) is 25.4 Å². The maximum absolute atomic E-state index is 12.5. The van der Waals surface area contributed by atoms with Crippen LogP contribution in [0.15, 0.2) is 67.0 Å². The number of amides is 2. The van der Waals surface area contributed by atoms with Crippen molar-refractivity contribution in [3.8, 4) is 0 Å². The molecule has 2 aromatic carbocycles. The quantitative estimate of drug-likeness (QED) is 0.659. The topological polar surface area (TPSA) is 88.2 Å². The summed E-state index contributed by atoms with van der Waals surface area (Å²) in [4.78, 5) is 40.2. The van der Waals surface area contributed by atoms with Crippen molar-refractivity contribution in [2.75, 3.05) is 10.6 Å². The fourth-order valence-electron chi connectivity index (χ4n) is 2.52. The van der Waals surface area contributed by atoms with Gasteiger partial charge in [-0.3, -0.25) is 19.4 Å². The standard InChI is InChI=1S/C22H19N3O3/c1-14-3-7-19(8-4-14)24-21(27)17-11-18(13-23-12-17)22(28)25-20-9-5-16(6-10-20)15(2)26/h3-13H,1-2H3,(H,24,27)(H,25,28). The van der Waals surface area contributed by atoms with Gasteiger partial charge in [0.1, 0.15) is 0 Å². The smallest absolute Gasteiger partial charge is 0.257 e. The Kier molecular flexibility index (Phi) is 5.60. The molecule has 0 unspecified atom stereocenters. The Hall–Kier alpha value is -3.80. The van der Waals surface area contributed by atoms with Gasteiger partial charge in [-0.1, -0.05) is 17.7 Å². The van der Waals surface area contributed by atoms with Crippen LogP contribution in [0.5, 0.6) is 0 Å². The lowest BCUT2D eigenvalue weighted by Gasteiger charge is -2.08. The Morgan fingerprint density at radius 3 is 1.64 bits per heavy atom. The molecule has 0 spiro atoms. The van der Waals surface area contributed by atoms with Crippen LogP contribution < -0.4 is 10.6 Å². The Labute approximate surface area is 162 Å². The molecule has 0 bridgehead atoms. The molecular weight excluding hydrogens is 354 g/mol. The molecule has 0 aliphatic rings. The molecule has 0 saturated carbocycles. The Balaban J connectivity index is 1.71. The minimum atomic E-state index is -0.395. The van der Waals surface area contributed by atoms with Crippen molar-refractivity contribution in [3.63, 3.8) is 0 Å². The third-order valence-corrected chi connectivity index (χ3v) is 4.12. The minimum Gasteiger partial charge on any atom is -0.322 e. The number of nitrogens with one attached hydrogen (secondary N) is 2. The van der Waals surface area contributed by atoms with Gasteiger partial charge in [-0.2, -0.15) is 0 Å². The average Bonchev–Trinajstić information content (AvgIpc) is 2.70. The fraction of sp³-hybridized carbons (Fsp3) is 0.0909. The molecule has 6 nitrogen and oxygen atoms in total. The van der Waals surface area contributed by atoms with Crippen LogP contribution in [0.1, 0.15) is 43.6 Å². The van der Waals surface area contributed by atoms with E-state index in [0.29, 0.717) is 16.9 Å². The number of pyridine rings is 1. The number of aromatic nitrogens is 1. The molecule has 0 fully saturated rings. The average molecular weight is 373 g/mol. The summed E-state index contributed by atoms with van der Waals surface area (Å²) < 4.78 is 0. The normalized spacial score (nSPS) is 10.2. The molecule has 0 atom stereocenters. The number of hydrogen-bond acceptors (Lipinski definition) is 4. The van der Waals surface area contributed by atoms with E-state index in [0.717, 1.165) is 5.56 Å². The lowest BCUT2D eigenvalue weighted by Crippen LogP contribution is -2.16. The summed E-state index contributed by atoms with van der Waals surface area (Å²) in [5.74, 6) is -0.792. The predicted molar refractivity (Wildman–Crippen MR) is 108 cm³/mol. The van der Waals surface area contributed by atoms with E-state index in [1.54, 1.807) is 24.3 Å². The van der Waals surface area contributed by atoms with E-state index in [2.05, 4.69) is 15.6 Å². The van der Waals surface area contributed by atoms with Crippen molar-refractivity contribution in [1.29, 1.82) is 0 Å². The number of hydrogen-bond donors (Lipinski definition) is 2. The summed E-state index contributed by atoms with van der Waals surface area (Å²) in [7, 11) is 0. The Morgan fingerprint density at radius 2 is 1.18 bits per heavy atom. The molecule has 140 valence electrons. The molecule has 0 aliphatic heterocycles. The first-order valence-electron chi connectivity index (χ1n) is 8.68. The van der Waals surface area contributed by atoms with Gasteiger partial charge in [-0.25, -0.2) is 0 Å². The number of Topliss-reactive ketones (excluding diaryl/α,β-unsaturated/α-hetero) is 1. The van der Waals surface area contributed by atoms with E-state index in [-0.39, 0.29) is 22.8 Å². The van der Waals surface area contributed by atoms with Gasteiger partial charge in [0.25, 0.3) is 11.8 Å². The predicted octanol–water partition coefficient (Wildman–Crippen LogP) is 4.10. The van der Waals surface area contributed by atoms with Gasteiger partial charge in [-0.15, -0.1) is 0 Å².